The summed E-state index contributed by atoms with van der Waals surface area (Å²) in [5, 5.41) is 0. The van der Waals surface area contributed by atoms with Crippen LogP contribution in [0.25, 0.3) is 0 Å². The zero-order valence-electron chi connectivity index (χ0n) is 40.6. The Labute approximate surface area is 382 Å². The molecule has 6 nitrogen and oxygen atoms in total. The molecule has 0 aromatic heterocycles. The highest BCUT2D eigenvalue weighted by Gasteiger charge is 2.19. The Morgan fingerprint density at radius 1 is 0.339 bits per heavy atom. The van der Waals surface area contributed by atoms with E-state index >= 15 is 0 Å². The van der Waals surface area contributed by atoms with Gasteiger partial charge in [-0.2, -0.15) is 0 Å². The average molecular weight is 865 g/mol. The maximum atomic E-state index is 12.8. The minimum atomic E-state index is -0.803. The fourth-order valence-corrected chi connectivity index (χ4v) is 7.02. The van der Waals surface area contributed by atoms with Gasteiger partial charge in [0.25, 0.3) is 0 Å². The number of allylic oxidation sites excluding steroid dienone is 12. The minimum Gasteiger partial charge on any atom is -0.462 e. The molecular formula is C56H96O6. The van der Waals surface area contributed by atoms with E-state index in [9.17, 15) is 14.4 Å². The maximum Gasteiger partial charge on any atom is 0.306 e. The van der Waals surface area contributed by atoms with Gasteiger partial charge in [-0.3, -0.25) is 14.4 Å². The first kappa shape index (κ1) is 58.9. The lowest BCUT2D eigenvalue weighted by Crippen LogP contribution is -2.30. The monoisotopic (exact) mass is 865 g/mol. The zero-order valence-corrected chi connectivity index (χ0v) is 40.6. The van der Waals surface area contributed by atoms with Gasteiger partial charge in [-0.25, -0.2) is 0 Å². The molecule has 6 heteroatoms. The van der Waals surface area contributed by atoms with Gasteiger partial charge in [-0.15, -0.1) is 0 Å². The second kappa shape index (κ2) is 50.5. The van der Waals surface area contributed by atoms with Crippen LogP contribution in [0.2, 0.25) is 0 Å². The van der Waals surface area contributed by atoms with E-state index < -0.39 is 6.10 Å². The van der Waals surface area contributed by atoms with Crippen LogP contribution in [0.3, 0.4) is 0 Å². The van der Waals surface area contributed by atoms with Crippen LogP contribution in [0.15, 0.2) is 72.9 Å². The predicted octanol–water partition coefficient (Wildman–Crippen LogP) is 17.0. The number of unbranched alkanes of at least 4 members (excludes halogenated alkanes) is 23. The quantitative estimate of drug-likeness (QED) is 0.0262. The summed E-state index contributed by atoms with van der Waals surface area (Å²) in [5.41, 5.74) is 0. The maximum absolute atomic E-state index is 12.8. The highest BCUT2D eigenvalue weighted by molar-refractivity contribution is 5.71. The molecule has 0 aromatic carbocycles. The summed E-state index contributed by atoms with van der Waals surface area (Å²) in [5.74, 6) is -0.972. The summed E-state index contributed by atoms with van der Waals surface area (Å²) in [6.45, 7) is 6.43. The van der Waals surface area contributed by atoms with Crippen LogP contribution in [0.1, 0.15) is 245 Å². The van der Waals surface area contributed by atoms with Gasteiger partial charge in [0, 0.05) is 19.3 Å². The molecule has 0 aliphatic heterocycles. The normalized spacial score (nSPS) is 12.6. The standard InChI is InChI=1S/C56H96O6/c1-4-7-10-13-16-19-21-23-25-27-28-29-31-32-34-37-40-43-46-49-55(58)61-52-53(51-60-54(57)48-45-42-39-36-18-15-12-9-6-3)62-56(59)50-47-44-41-38-35-33-30-26-24-22-20-17-14-11-8-5-2/h8,11,17,20,24,26-28,33,35-36,39,53H,4-7,9-10,12-16,18-19,21-23,25,29-32,34,37-38,40-52H2,1-3H3/b11-8-,20-17-,26-24-,28-27-,35-33-,39-36-. The molecule has 1 atom stereocenters. The van der Waals surface area contributed by atoms with E-state index in [-0.39, 0.29) is 37.5 Å². The van der Waals surface area contributed by atoms with Crippen LogP contribution in [0, 0.1) is 0 Å². The van der Waals surface area contributed by atoms with Crippen molar-refractivity contribution in [1.82, 2.24) is 0 Å². The summed E-state index contributed by atoms with van der Waals surface area (Å²) in [4.78, 5) is 37.9. The number of carbonyl (C=O) groups is 3. The third-order valence-corrected chi connectivity index (χ3v) is 10.9. The van der Waals surface area contributed by atoms with Gasteiger partial charge in [0.15, 0.2) is 6.10 Å². The molecule has 0 aliphatic carbocycles. The number of hydrogen-bond donors (Lipinski definition) is 0. The van der Waals surface area contributed by atoms with Gasteiger partial charge in [0.05, 0.1) is 0 Å². The molecule has 0 heterocycles. The molecule has 0 rings (SSSR count). The summed E-state index contributed by atoms with van der Waals surface area (Å²) in [7, 11) is 0. The van der Waals surface area contributed by atoms with Crippen molar-refractivity contribution in [2.45, 2.75) is 252 Å². The second-order valence-electron chi connectivity index (χ2n) is 17.0. The van der Waals surface area contributed by atoms with Crippen LogP contribution >= 0.6 is 0 Å². The van der Waals surface area contributed by atoms with Crippen molar-refractivity contribution < 1.29 is 28.6 Å². The third-order valence-electron chi connectivity index (χ3n) is 10.9. The molecule has 0 N–H and O–H groups in total. The molecule has 0 bridgehead atoms. The topological polar surface area (TPSA) is 78.9 Å². The van der Waals surface area contributed by atoms with Crippen molar-refractivity contribution in [3.8, 4) is 0 Å². The molecular weight excluding hydrogens is 769 g/mol. The van der Waals surface area contributed by atoms with E-state index in [0.717, 1.165) is 83.5 Å². The number of esters is 3. The zero-order chi connectivity index (χ0) is 45.1. The number of rotatable bonds is 46. The van der Waals surface area contributed by atoms with Crippen molar-refractivity contribution >= 4 is 17.9 Å². The van der Waals surface area contributed by atoms with Crippen LogP contribution in [0.4, 0.5) is 0 Å². The Balaban J connectivity index is 4.38. The Morgan fingerprint density at radius 2 is 0.645 bits per heavy atom. The molecule has 0 saturated heterocycles. The lowest BCUT2D eigenvalue weighted by molar-refractivity contribution is -0.167. The molecule has 0 radical (unpaired) electrons. The molecule has 0 amide bonds. The van der Waals surface area contributed by atoms with E-state index in [4.69, 9.17) is 14.2 Å². The van der Waals surface area contributed by atoms with E-state index in [1.54, 1.807) is 0 Å². The molecule has 0 fully saturated rings. The van der Waals surface area contributed by atoms with E-state index in [1.807, 2.05) is 0 Å². The molecule has 0 spiro atoms. The number of ether oxygens (including phenoxy) is 3. The van der Waals surface area contributed by atoms with E-state index in [1.165, 1.54) is 116 Å². The van der Waals surface area contributed by atoms with Gasteiger partial charge in [-0.1, -0.05) is 196 Å². The summed E-state index contributed by atoms with van der Waals surface area (Å²) in [6, 6.07) is 0. The third kappa shape index (κ3) is 47.9. The number of hydrogen-bond acceptors (Lipinski definition) is 6. The molecule has 0 saturated carbocycles. The average Bonchev–Trinajstić information content (AvgIpc) is 3.27. The largest absolute Gasteiger partial charge is 0.462 e. The van der Waals surface area contributed by atoms with Crippen LogP contribution in [-0.4, -0.2) is 37.2 Å². The first-order valence-corrected chi connectivity index (χ1v) is 25.9. The lowest BCUT2D eigenvalue weighted by Gasteiger charge is -2.18. The van der Waals surface area contributed by atoms with Crippen molar-refractivity contribution in [2.75, 3.05) is 13.2 Å². The minimum absolute atomic E-state index is 0.0992. The van der Waals surface area contributed by atoms with Crippen molar-refractivity contribution in [3.05, 3.63) is 72.9 Å². The SMILES string of the molecule is CC/C=C\C/C=C\C/C=C\C/C=C\CCCCCC(=O)OC(COC(=O)CCC/C=C\CCCCCC)COC(=O)CCCCCCCCC/C=C\CCCCCCCCCC. The van der Waals surface area contributed by atoms with Gasteiger partial charge in [0.1, 0.15) is 13.2 Å². The lowest BCUT2D eigenvalue weighted by atomic mass is 10.1. The molecule has 0 aromatic rings. The van der Waals surface area contributed by atoms with E-state index in [0.29, 0.717) is 19.3 Å². The van der Waals surface area contributed by atoms with Crippen molar-refractivity contribution in [3.63, 3.8) is 0 Å². The predicted molar refractivity (Wildman–Crippen MR) is 265 cm³/mol. The Morgan fingerprint density at radius 3 is 1.10 bits per heavy atom. The molecule has 62 heavy (non-hydrogen) atoms. The Kier molecular flexibility index (Phi) is 47.9. The second-order valence-corrected chi connectivity index (χ2v) is 17.0. The Hall–Kier alpha value is -3.15. The van der Waals surface area contributed by atoms with Gasteiger partial charge in [-0.05, 0) is 103 Å². The van der Waals surface area contributed by atoms with Gasteiger partial charge in [0.2, 0.25) is 0 Å². The van der Waals surface area contributed by atoms with Crippen LogP contribution in [0.5, 0.6) is 0 Å². The smallest absolute Gasteiger partial charge is 0.306 e. The van der Waals surface area contributed by atoms with Gasteiger partial charge >= 0.3 is 17.9 Å². The summed E-state index contributed by atoms with van der Waals surface area (Å²) in [6.07, 6.45) is 63.3. The highest BCUT2D eigenvalue weighted by Crippen LogP contribution is 2.14. The molecule has 356 valence electrons. The first-order valence-electron chi connectivity index (χ1n) is 25.9. The fraction of sp³-hybridized carbons (Fsp3) is 0.732. The summed E-state index contributed by atoms with van der Waals surface area (Å²) < 4.78 is 16.7. The van der Waals surface area contributed by atoms with Crippen molar-refractivity contribution in [2.24, 2.45) is 0 Å². The van der Waals surface area contributed by atoms with Crippen molar-refractivity contribution in [1.29, 1.82) is 0 Å². The highest BCUT2D eigenvalue weighted by atomic mass is 16.6. The molecule has 0 aliphatic rings. The summed E-state index contributed by atoms with van der Waals surface area (Å²) >= 11 is 0. The fourth-order valence-electron chi connectivity index (χ4n) is 7.02. The molecule has 1 unspecified atom stereocenters. The Bertz CT molecular complexity index is 1180. The van der Waals surface area contributed by atoms with Gasteiger partial charge < -0.3 is 14.2 Å². The number of carbonyl (C=O) groups excluding carboxylic acids is 3. The van der Waals surface area contributed by atoms with Crippen LogP contribution < -0.4 is 0 Å². The van der Waals surface area contributed by atoms with Crippen LogP contribution in [-0.2, 0) is 28.6 Å². The van der Waals surface area contributed by atoms with E-state index in [2.05, 4.69) is 93.7 Å². The first-order chi connectivity index (χ1) is 30.5.